The molecule has 4 heteroatoms. The summed E-state index contributed by atoms with van der Waals surface area (Å²) in [6, 6.07) is 0. The number of aliphatic hydroxyl groups is 2. The normalized spacial score (nSPS) is 49.7. The summed E-state index contributed by atoms with van der Waals surface area (Å²) in [7, 11) is 0. The minimum Gasteiger partial charge on any atom is -0.393 e. The van der Waals surface area contributed by atoms with Crippen LogP contribution in [0.5, 0.6) is 0 Å². The Morgan fingerprint density at radius 1 is 1.06 bits per heavy atom. The largest absolute Gasteiger partial charge is 0.393 e. The summed E-state index contributed by atoms with van der Waals surface area (Å²) in [5, 5.41) is 22.1. The lowest BCUT2D eigenvalue weighted by atomic mass is 9.48. The lowest BCUT2D eigenvalue weighted by molar-refractivity contribution is -0.435. The monoisotopic (exact) mass is 432 g/mol. The summed E-state index contributed by atoms with van der Waals surface area (Å²) >= 11 is 0. The predicted octanol–water partition coefficient (Wildman–Crippen LogP) is 5.77. The Morgan fingerprint density at radius 2 is 1.84 bits per heavy atom. The quantitative estimate of drug-likeness (QED) is 0.428. The van der Waals surface area contributed by atoms with E-state index in [1.165, 1.54) is 36.8 Å². The molecule has 9 unspecified atom stereocenters. The van der Waals surface area contributed by atoms with Crippen LogP contribution >= 0.6 is 0 Å². The SMILES string of the molecule is CC(C)CCCC(C)C1CC2(O)OOC3CC4CC(O)CCC4(C)C4CCC1(C)C2=C34. The number of rotatable bonds is 5. The van der Waals surface area contributed by atoms with Crippen molar-refractivity contribution in [1.29, 1.82) is 0 Å². The molecule has 3 saturated carbocycles. The third kappa shape index (κ3) is 3.30. The Kier molecular flexibility index (Phi) is 5.45. The molecule has 0 saturated heterocycles. The first kappa shape index (κ1) is 22.4. The summed E-state index contributed by atoms with van der Waals surface area (Å²) in [6.45, 7) is 11.9. The van der Waals surface area contributed by atoms with Gasteiger partial charge in [0.1, 0.15) is 6.10 Å². The fraction of sp³-hybridized carbons (Fsp3) is 0.926. The van der Waals surface area contributed by atoms with Crippen molar-refractivity contribution < 1.29 is 20.0 Å². The van der Waals surface area contributed by atoms with E-state index in [9.17, 15) is 10.2 Å². The fourth-order valence-electron chi connectivity index (χ4n) is 8.76. The molecule has 0 radical (unpaired) electrons. The second-order valence-electron chi connectivity index (χ2n) is 12.8. The Bertz CT molecular complexity index is 746. The van der Waals surface area contributed by atoms with E-state index < -0.39 is 5.79 Å². The molecule has 5 rings (SSSR count). The number of hydrogen-bond acceptors (Lipinski definition) is 4. The van der Waals surface area contributed by atoms with Crippen molar-refractivity contribution in [1.82, 2.24) is 0 Å². The first-order chi connectivity index (χ1) is 14.6. The molecule has 2 N–H and O–H groups in total. The zero-order chi connectivity index (χ0) is 22.2. The van der Waals surface area contributed by atoms with E-state index in [0.717, 1.165) is 38.0 Å². The van der Waals surface area contributed by atoms with Crippen molar-refractivity contribution in [2.24, 2.45) is 40.4 Å². The maximum Gasteiger partial charge on any atom is 0.222 e. The lowest BCUT2D eigenvalue weighted by Crippen LogP contribution is -2.56. The van der Waals surface area contributed by atoms with Gasteiger partial charge in [-0.2, -0.15) is 4.89 Å². The maximum atomic E-state index is 11.7. The summed E-state index contributed by atoms with van der Waals surface area (Å²) < 4.78 is 0. The van der Waals surface area contributed by atoms with Crippen LogP contribution in [0.25, 0.3) is 0 Å². The van der Waals surface area contributed by atoms with Gasteiger partial charge in [0.05, 0.1) is 6.10 Å². The van der Waals surface area contributed by atoms with E-state index >= 15 is 0 Å². The van der Waals surface area contributed by atoms with Gasteiger partial charge in [-0.25, -0.2) is 4.89 Å². The summed E-state index contributed by atoms with van der Waals surface area (Å²) in [5.74, 6) is 1.45. The molecular formula is C27H44O4. The van der Waals surface area contributed by atoms with Gasteiger partial charge in [0.25, 0.3) is 0 Å². The molecular weight excluding hydrogens is 388 g/mol. The summed E-state index contributed by atoms with van der Waals surface area (Å²) in [4.78, 5) is 11.9. The van der Waals surface area contributed by atoms with Crippen LogP contribution in [0.4, 0.5) is 0 Å². The van der Waals surface area contributed by atoms with Gasteiger partial charge in [0.2, 0.25) is 5.79 Å². The van der Waals surface area contributed by atoms with Gasteiger partial charge in [0.15, 0.2) is 0 Å². The van der Waals surface area contributed by atoms with Gasteiger partial charge in [-0.3, -0.25) is 0 Å². The Hall–Kier alpha value is -0.420. The van der Waals surface area contributed by atoms with Crippen molar-refractivity contribution in [2.75, 3.05) is 0 Å². The third-order valence-corrected chi connectivity index (χ3v) is 10.5. The minimum absolute atomic E-state index is 0.0111. The number of hydrogen-bond donors (Lipinski definition) is 2. The topological polar surface area (TPSA) is 58.9 Å². The first-order valence-corrected chi connectivity index (χ1v) is 13.1. The molecule has 4 aliphatic carbocycles. The van der Waals surface area contributed by atoms with Crippen LogP contribution in [-0.2, 0) is 9.78 Å². The van der Waals surface area contributed by atoms with Crippen LogP contribution in [0, 0.1) is 40.4 Å². The molecule has 9 atom stereocenters. The average molecular weight is 433 g/mol. The number of aliphatic hydroxyl groups excluding tert-OH is 1. The van der Waals surface area contributed by atoms with E-state index in [4.69, 9.17) is 9.78 Å². The van der Waals surface area contributed by atoms with E-state index in [2.05, 4.69) is 34.6 Å². The van der Waals surface area contributed by atoms with Crippen LogP contribution in [-0.4, -0.2) is 28.2 Å². The molecule has 5 aliphatic rings. The molecule has 0 spiro atoms. The summed E-state index contributed by atoms with van der Waals surface area (Å²) in [6.07, 6.45) is 10.3. The first-order valence-electron chi connectivity index (χ1n) is 13.1. The fourth-order valence-corrected chi connectivity index (χ4v) is 8.76. The summed E-state index contributed by atoms with van der Waals surface area (Å²) in [5.41, 5.74) is 2.83. The maximum absolute atomic E-state index is 11.7. The Balaban J connectivity index is 1.50. The van der Waals surface area contributed by atoms with Crippen molar-refractivity contribution in [3.05, 3.63) is 11.1 Å². The van der Waals surface area contributed by atoms with E-state index in [1.54, 1.807) is 0 Å². The highest BCUT2D eigenvalue weighted by Gasteiger charge is 2.67. The molecule has 4 nitrogen and oxygen atoms in total. The second kappa shape index (κ2) is 7.55. The third-order valence-electron chi connectivity index (χ3n) is 10.5. The van der Waals surface area contributed by atoms with Gasteiger partial charge < -0.3 is 10.2 Å². The molecule has 0 aromatic carbocycles. The van der Waals surface area contributed by atoms with Crippen LogP contribution in [0.15, 0.2) is 11.1 Å². The highest BCUT2D eigenvalue weighted by Crippen LogP contribution is 2.69. The Labute approximate surface area is 188 Å². The molecule has 31 heavy (non-hydrogen) atoms. The van der Waals surface area contributed by atoms with Crippen LogP contribution in [0.3, 0.4) is 0 Å². The lowest BCUT2D eigenvalue weighted by Gasteiger charge is -2.59. The van der Waals surface area contributed by atoms with Crippen molar-refractivity contribution in [2.45, 2.75) is 117 Å². The predicted molar refractivity (Wildman–Crippen MR) is 121 cm³/mol. The van der Waals surface area contributed by atoms with Crippen LogP contribution < -0.4 is 0 Å². The molecule has 1 aliphatic heterocycles. The van der Waals surface area contributed by atoms with Crippen LogP contribution in [0.2, 0.25) is 0 Å². The highest BCUT2D eigenvalue weighted by molar-refractivity contribution is 5.42. The smallest absolute Gasteiger partial charge is 0.222 e. The second-order valence-corrected chi connectivity index (χ2v) is 12.8. The van der Waals surface area contributed by atoms with Crippen molar-refractivity contribution in [3.8, 4) is 0 Å². The Morgan fingerprint density at radius 3 is 2.58 bits per heavy atom. The molecule has 3 fully saturated rings. The van der Waals surface area contributed by atoms with Gasteiger partial charge in [0, 0.05) is 6.42 Å². The average Bonchev–Trinajstić information content (AvgIpc) is 2.95. The molecule has 176 valence electrons. The van der Waals surface area contributed by atoms with Gasteiger partial charge in [-0.05, 0) is 90.1 Å². The van der Waals surface area contributed by atoms with E-state index in [-0.39, 0.29) is 23.0 Å². The standard InChI is InChI=1S/C27H44O4/c1-16(2)7-6-8-17(3)21-15-27(29)24-23-20(10-12-26(21,24)5)25(4)11-9-19(28)13-18(25)14-22(23)30-31-27/h16-22,28-29H,6-15H2,1-5H3. The zero-order valence-electron chi connectivity index (χ0n) is 20.3. The highest BCUT2D eigenvalue weighted by atomic mass is 17.2. The van der Waals surface area contributed by atoms with Crippen LogP contribution in [0.1, 0.15) is 98.8 Å². The van der Waals surface area contributed by atoms with Gasteiger partial charge >= 0.3 is 0 Å². The molecule has 0 aromatic rings. The van der Waals surface area contributed by atoms with Gasteiger partial charge in [-0.15, -0.1) is 0 Å². The molecule has 1 heterocycles. The minimum atomic E-state index is -1.24. The molecule has 0 bridgehead atoms. The van der Waals surface area contributed by atoms with E-state index in [0.29, 0.717) is 30.1 Å². The number of fused-ring (bicyclic) bond motifs is 2. The zero-order valence-corrected chi connectivity index (χ0v) is 20.3. The molecule has 0 aromatic heterocycles. The molecule has 0 amide bonds. The van der Waals surface area contributed by atoms with E-state index in [1.807, 2.05) is 0 Å². The van der Waals surface area contributed by atoms with Crippen molar-refractivity contribution in [3.63, 3.8) is 0 Å². The van der Waals surface area contributed by atoms with Crippen molar-refractivity contribution >= 4 is 0 Å². The van der Waals surface area contributed by atoms with Gasteiger partial charge in [-0.1, -0.05) is 53.9 Å².